The maximum atomic E-state index is 3.95. The van der Waals surface area contributed by atoms with Crippen LogP contribution in [0, 0.1) is 0 Å². The molecule has 62 valence electrons. The standard InChI is InChI=1S/C12H14/c1-4-10(2)9-12-8-6-5-7-11(12)3/h4-9H,3H2,1-2H3/b10-4-,12-9-. The van der Waals surface area contributed by atoms with E-state index in [1.807, 2.05) is 25.1 Å². The molecule has 0 unspecified atom stereocenters. The highest BCUT2D eigenvalue weighted by Crippen LogP contribution is 1.90. The minimum Gasteiger partial charge on any atom is -0.0912 e. The maximum absolute atomic E-state index is 3.95. The lowest BCUT2D eigenvalue weighted by atomic mass is 10.2. The third kappa shape index (κ3) is 2.09. The fraction of sp³-hybridized carbons (Fsp3) is 0.167. The van der Waals surface area contributed by atoms with E-state index in [1.165, 1.54) is 10.8 Å². The van der Waals surface area contributed by atoms with Crippen molar-refractivity contribution in [1.29, 1.82) is 0 Å². The molecule has 0 spiro atoms. The van der Waals surface area contributed by atoms with E-state index in [-0.39, 0.29) is 0 Å². The molecule has 0 N–H and O–H groups in total. The Morgan fingerprint density at radius 1 is 1.33 bits per heavy atom. The van der Waals surface area contributed by atoms with Crippen molar-refractivity contribution in [2.45, 2.75) is 13.8 Å². The predicted molar refractivity (Wildman–Crippen MR) is 55.1 cm³/mol. The SMILES string of the molecule is C=c1cccc/c1=C/C(C)=C\C. The molecule has 0 fully saturated rings. The van der Waals surface area contributed by atoms with Crippen molar-refractivity contribution in [1.82, 2.24) is 0 Å². The topological polar surface area (TPSA) is 0 Å². The lowest BCUT2D eigenvalue weighted by molar-refractivity contribution is 1.47. The molecule has 0 amide bonds. The highest BCUT2D eigenvalue weighted by molar-refractivity contribution is 5.45. The van der Waals surface area contributed by atoms with Crippen LogP contribution in [-0.4, -0.2) is 0 Å². The number of allylic oxidation sites excluding steroid dienone is 2. The van der Waals surface area contributed by atoms with Crippen molar-refractivity contribution in [3.63, 3.8) is 0 Å². The van der Waals surface area contributed by atoms with Gasteiger partial charge in [-0.3, -0.25) is 0 Å². The summed E-state index contributed by atoms with van der Waals surface area (Å²) in [5, 5.41) is 2.28. The second-order valence-corrected chi connectivity index (χ2v) is 2.88. The van der Waals surface area contributed by atoms with Gasteiger partial charge in [0.1, 0.15) is 0 Å². The van der Waals surface area contributed by atoms with Crippen molar-refractivity contribution in [3.8, 4) is 0 Å². The molecule has 12 heavy (non-hydrogen) atoms. The van der Waals surface area contributed by atoms with E-state index in [9.17, 15) is 0 Å². The van der Waals surface area contributed by atoms with Gasteiger partial charge in [0.15, 0.2) is 0 Å². The van der Waals surface area contributed by atoms with Gasteiger partial charge in [-0.25, -0.2) is 0 Å². The van der Waals surface area contributed by atoms with Gasteiger partial charge in [0.05, 0.1) is 0 Å². The molecular weight excluding hydrogens is 144 g/mol. The first-order valence-electron chi connectivity index (χ1n) is 4.12. The summed E-state index contributed by atoms with van der Waals surface area (Å²) in [6.45, 7) is 8.08. The lowest BCUT2D eigenvalue weighted by Crippen LogP contribution is -2.21. The third-order valence-corrected chi connectivity index (χ3v) is 1.89. The summed E-state index contributed by atoms with van der Waals surface area (Å²) in [7, 11) is 0. The van der Waals surface area contributed by atoms with Crippen LogP contribution < -0.4 is 10.4 Å². The van der Waals surface area contributed by atoms with Crippen molar-refractivity contribution in [2.24, 2.45) is 0 Å². The molecule has 0 saturated heterocycles. The quantitative estimate of drug-likeness (QED) is 0.585. The zero-order valence-electron chi connectivity index (χ0n) is 7.67. The van der Waals surface area contributed by atoms with Crippen LogP contribution in [0.5, 0.6) is 0 Å². The molecule has 0 radical (unpaired) electrons. The van der Waals surface area contributed by atoms with Crippen molar-refractivity contribution in [3.05, 3.63) is 46.4 Å². The van der Waals surface area contributed by atoms with Gasteiger partial charge in [0.2, 0.25) is 0 Å². The predicted octanol–water partition coefficient (Wildman–Crippen LogP) is 1.84. The highest BCUT2D eigenvalue weighted by Gasteiger charge is 1.81. The first-order chi connectivity index (χ1) is 5.74. The first kappa shape index (κ1) is 8.79. The maximum Gasteiger partial charge on any atom is -0.0187 e. The zero-order valence-corrected chi connectivity index (χ0v) is 7.67. The molecule has 0 atom stereocenters. The van der Waals surface area contributed by atoms with Gasteiger partial charge in [-0.15, -0.1) is 0 Å². The Balaban J connectivity index is 3.29. The van der Waals surface area contributed by atoms with Crippen molar-refractivity contribution in [2.75, 3.05) is 0 Å². The summed E-state index contributed by atoms with van der Waals surface area (Å²) in [4.78, 5) is 0. The van der Waals surface area contributed by atoms with Gasteiger partial charge in [-0.1, -0.05) is 48.6 Å². The number of hydrogen-bond donors (Lipinski definition) is 0. The minimum atomic E-state index is 1.08. The normalized spacial score (nSPS) is 13.5. The van der Waals surface area contributed by atoms with E-state index < -0.39 is 0 Å². The molecule has 0 heterocycles. The molecule has 0 saturated carbocycles. The van der Waals surface area contributed by atoms with Gasteiger partial charge >= 0.3 is 0 Å². The van der Waals surface area contributed by atoms with E-state index in [0.717, 1.165) is 5.22 Å². The van der Waals surface area contributed by atoms with E-state index in [2.05, 4.69) is 31.7 Å². The molecular formula is C12H14. The Morgan fingerprint density at radius 3 is 2.58 bits per heavy atom. The Kier molecular flexibility index (Phi) is 2.87. The third-order valence-electron chi connectivity index (χ3n) is 1.89. The summed E-state index contributed by atoms with van der Waals surface area (Å²) in [6.07, 6.45) is 4.23. The fourth-order valence-electron chi connectivity index (χ4n) is 1.00. The Labute approximate surface area is 73.6 Å². The second kappa shape index (κ2) is 3.91. The Morgan fingerprint density at radius 2 is 2.00 bits per heavy atom. The summed E-state index contributed by atoms with van der Waals surface area (Å²) < 4.78 is 0. The van der Waals surface area contributed by atoms with Crippen LogP contribution in [0.15, 0.2) is 35.9 Å². The Bertz CT molecular complexity index is 383. The van der Waals surface area contributed by atoms with E-state index in [4.69, 9.17) is 0 Å². The van der Waals surface area contributed by atoms with E-state index in [0.29, 0.717) is 0 Å². The van der Waals surface area contributed by atoms with Crippen molar-refractivity contribution < 1.29 is 0 Å². The molecule has 0 heteroatoms. The number of hydrogen-bond acceptors (Lipinski definition) is 0. The van der Waals surface area contributed by atoms with Gasteiger partial charge in [-0.2, -0.15) is 0 Å². The van der Waals surface area contributed by atoms with E-state index >= 15 is 0 Å². The van der Waals surface area contributed by atoms with Crippen LogP contribution >= 0.6 is 0 Å². The average molecular weight is 158 g/mol. The van der Waals surface area contributed by atoms with E-state index in [1.54, 1.807) is 0 Å². The van der Waals surface area contributed by atoms with Crippen LogP contribution in [0.4, 0.5) is 0 Å². The zero-order chi connectivity index (χ0) is 8.97. The molecule has 1 rings (SSSR count). The smallest absolute Gasteiger partial charge is 0.0187 e. The van der Waals surface area contributed by atoms with Gasteiger partial charge in [0.25, 0.3) is 0 Å². The van der Waals surface area contributed by atoms with Crippen molar-refractivity contribution >= 4 is 12.7 Å². The number of rotatable bonds is 1. The molecule has 0 bridgehead atoms. The minimum absolute atomic E-state index is 1.08. The lowest BCUT2D eigenvalue weighted by Gasteiger charge is -1.89. The van der Waals surface area contributed by atoms with Gasteiger partial charge in [-0.05, 0) is 24.3 Å². The summed E-state index contributed by atoms with van der Waals surface area (Å²) in [6, 6.07) is 8.14. The second-order valence-electron chi connectivity index (χ2n) is 2.88. The van der Waals surface area contributed by atoms with Crippen LogP contribution in [0.3, 0.4) is 0 Å². The highest BCUT2D eigenvalue weighted by atomic mass is 13.9. The first-order valence-corrected chi connectivity index (χ1v) is 4.12. The molecule has 0 aromatic heterocycles. The number of benzene rings is 1. The average Bonchev–Trinajstić information content (AvgIpc) is 2.09. The Hall–Kier alpha value is -1.30. The summed E-state index contributed by atoms with van der Waals surface area (Å²) >= 11 is 0. The molecule has 0 aliphatic rings. The summed E-state index contributed by atoms with van der Waals surface area (Å²) in [5.74, 6) is 0. The fourth-order valence-corrected chi connectivity index (χ4v) is 1.00. The molecule has 1 aromatic carbocycles. The molecule has 1 aromatic rings. The molecule has 0 aliphatic carbocycles. The van der Waals surface area contributed by atoms with Crippen LogP contribution in [0.25, 0.3) is 12.7 Å². The van der Waals surface area contributed by atoms with Gasteiger partial charge in [0, 0.05) is 0 Å². The van der Waals surface area contributed by atoms with Crippen LogP contribution in [-0.2, 0) is 0 Å². The monoisotopic (exact) mass is 158 g/mol. The van der Waals surface area contributed by atoms with Gasteiger partial charge < -0.3 is 0 Å². The molecule has 0 aliphatic heterocycles. The van der Waals surface area contributed by atoms with Crippen LogP contribution in [0.2, 0.25) is 0 Å². The largest absolute Gasteiger partial charge is 0.0912 e. The summed E-state index contributed by atoms with van der Waals surface area (Å²) in [5.41, 5.74) is 1.27. The molecule has 0 nitrogen and oxygen atoms in total. The van der Waals surface area contributed by atoms with Crippen LogP contribution in [0.1, 0.15) is 13.8 Å².